The number of carbonyl (C=O) groups is 4. The van der Waals surface area contributed by atoms with Gasteiger partial charge in [-0.1, -0.05) is 44.2 Å². The molecule has 1 aliphatic rings. The second kappa shape index (κ2) is 14.7. The molecule has 14 nitrogen and oxygen atoms in total. The number of aromatic nitrogens is 4. The van der Waals surface area contributed by atoms with Crippen molar-refractivity contribution >= 4 is 35.0 Å². The topological polar surface area (TPSA) is 181 Å². The average Bonchev–Trinajstić information content (AvgIpc) is 3.72. The predicted molar refractivity (Wildman–Crippen MR) is 167 cm³/mol. The Kier molecular flexibility index (Phi) is 10.3. The van der Waals surface area contributed by atoms with Crippen molar-refractivity contribution in [1.29, 1.82) is 0 Å². The molecule has 4 aromatic rings. The van der Waals surface area contributed by atoms with Gasteiger partial charge in [0.1, 0.15) is 29.6 Å². The summed E-state index contributed by atoms with van der Waals surface area (Å²) in [7, 11) is 0. The van der Waals surface area contributed by atoms with Gasteiger partial charge < -0.3 is 25.3 Å². The first-order valence-electron chi connectivity index (χ1n) is 14.8. The lowest BCUT2D eigenvalue weighted by Crippen LogP contribution is -2.47. The molecular formula is C31H34N8O6S. The summed E-state index contributed by atoms with van der Waals surface area (Å²) in [6, 6.07) is 9.63. The Morgan fingerprint density at radius 2 is 1.83 bits per heavy atom. The number of nitrogens with one attached hydrogen (secondary N) is 3. The van der Waals surface area contributed by atoms with Gasteiger partial charge in [0.05, 0.1) is 12.6 Å². The molecule has 4 heterocycles. The third-order valence-electron chi connectivity index (χ3n) is 7.18. The highest BCUT2D eigenvalue weighted by atomic mass is 32.1. The molecule has 0 saturated carbocycles. The molecule has 0 unspecified atom stereocenters. The summed E-state index contributed by atoms with van der Waals surface area (Å²) in [6.07, 6.45) is 4.84. The number of fused-ring (bicyclic) bond motifs is 4. The quantitative estimate of drug-likeness (QED) is 0.282. The van der Waals surface area contributed by atoms with Gasteiger partial charge in [0, 0.05) is 37.3 Å². The van der Waals surface area contributed by atoms with Crippen LogP contribution in [0.1, 0.15) is 69.8 Å². The van der Waals surface area contributed by atoms with Crippen LogP contribution in [0.4, 0.5) is 0 Å². The number of benzene rings is 1. The lowest BCUT2D eigenvalue weighted by molar-refractivity contribution is -0.136. The van der Waals surface area contributed by atoms with Crippen molar-refractivity contribution in [2.75, 3.05) is 19.6 Å². The fourth-order valence-corrected chi connectivity index (χ4v) is 5.79. The molecule has 15 heteroatoms. The first-order valence-corrected chi connectivity index (χ1v) is 15.7. The Morgan fingerprint density at radius 3 is 2.59 bits per heavy atom. The molecule has 4 amide bonds. The van der Waals surface area contributed by atoms with E-state index in [4.69, 9.17) is 4.42 Å². The molecule has 0 radical (unpaired) electrons. The number of amides is 4. The van der Waals surface area contributed by atoms with Crippen molar-refractivity contribution in [3.8, 4) is 0 Å². The van der Waals surface area contributed by atoms with Crippen LogP contribution in [0.2, 0.25) is 0 Å². The van der Waals surface area contributed by atoms with Crippen molar-refractivity contribution in [2.24, 2.45) is 5.92 Å². The van der Waals surface area contributed by atoms with Gasteiger partial charge in [0.25, 0.3) is 11.8 Å². The van der Waals surface area contributed by atoms with Crippen molar-refractivity contribution in [3.63, 3.8) is 0 Å². The second-order valence-electron chi connectivity index (χ2n) is 11.2. The van der Waals surface area contributed by atoms with Crippen molar-refractivity contribution in [2.45, 2.75) is 45.3 Å². The zero-order chi connectivity index (χ0) is 32.6. The third-order valence-corrected chi connectivity index (χ3v) is 8.14. The van der Waals surface area contributed by atoms with Gasteiger partial charge in [0.2, 0.25) is 17.7 Å². The van der Waals surface area contributed by atoms with Crippen molar-refractivity contribution in [3.05, 3.63) is 98.8 Å². The molecule has 46 heavy (non-hydrogen) atoms. The number of rotatable bonds is 6. The Bertz CT molecular complexity index is 1750. The van der Waals surface area contributed by atoms with Crippen LogP contribution < -0.4 is 21.6 Å². The van der Waals surface area contributed by atoms with Crippen LogP contribution in [-0.2, 0) is 22.6 Å². The minimum atomic E-state index is -0.777. The Hall–Kier alpha value is -5.18. The highest BCUT2D eigenvalue weighted by molar-refractivity contribution is 7.09. The van der Waals surface area contributed by atoms with Gasteiger partial charge in [-0.25, -0.2) is 19.7 Å². The number of nitrogens with zero attached hydrogens (tertiary/aromatic N) is 5. The Balaban J connectivity index is 1.47. The molecule has 5 rings (SSSR count). The van der Waals surface area contributed by atoms with E-state index < -0.39 is 41.4 Å². The van der Waals surface area contributed by atoms with Gasteiger partial charge in [-0.05, 0) is 24.0 Å². The van der Waals surface area contributed by atoms with Crippen LogP contribution in [0.3, 0.4) is 0 Å². The summed E-state index contributed by atoms with van der Waals surface area (Å²) in [6.45, 7) is 3.27. The Labute approximate surface area is 268 Å². The van der Waals surface area contributed by atoms with E-state index in [1.54, 1.807) is 5.38 Å². The molecule has 1 aromatic carbocycles. The Morgan fingerprint density at radius 1 is 1.02 bits per heavy atom. The molecule has 4 bridgehead atoms. The smallest absolute Gasteiger partial charge is 0.347 e. The molecule has 0 fully saturated rings. The van der Waals surface area contributed by atoms with Gasteiger partial charge in [-0.15, -0.1) is 11.3 Å². The second-order valence-corrected chi connectivity index (χ2v) is 12.1. The number of thiazole rings is 1. The monoisotopic (exact) mass is 646 g/mol. The van der Waals surface area contributed by atoms with Gasteiger partial charge >= 0.3 is 5.69 Å². The molecule has 2 atom stereocenters. The van der Waals surface area contributed by atoms with Gasteiger partial charge in [0.15, 0.2) is 5.69 Å². The number of hydrogen-bond donors (Lipinski definition) is 3. The maximum Gasteiger partial charge on any atom is 0.347 e. The summed E-state index contributed by atoms with van der Waals surface area (Å²) in [4.78, 5) is 79.1. The number of oxazole rings is 1. The van der Waals surface area contributed by atoms with Crippen LogP contribution >= 0.6 is 11.3 Å². The minimum Gasteiger partial charge on any atom is -0.446 e. The SMILES string of the molecule is CC(C)C[C@@H]1NC(=O)c2coc(n2)[C@H](Cc2ccccc2)NC(=O)CN(C(=O)Cn2cccnc2=O)CCNC(=O)c2csc1n2. The van der Waals surface area contributed by atoms with Gasteiger partial charge in [-0.2, -0.15) is 0 Å². The van der Waals surface area contributed by atoms with E-state index in [-0.39, 0.29) is 49.4 Å². The molecular weight excluding hydrogens is 612 g/mol. The maximum absolute atomic E-state index is 13.5. The van der Waals surface area contributed by atoms with E-state index in [1.165, 1.54) is 41.0 Å². The van der Waals surface area contributed by atoms with Crippen molar-refractivity contribution in [1.82, 2.24) is 40.4 Å². The highest BCUT2D eigenvalue weighted by Crippen LogP contribution is 2.26. The lowest BCUT2D eigenvalue weighted by Gasteiger charge is -2.24. The summed E-state index contributed by atoms with van der Waals surface area (Å²) < 4.78 is 6.86. The minimum absolute atomic E-state index is 0.00928. The predicted octanol–water partition coefficient (Wildman–Crippen LogP) is 1.88. The highest BCUT2D eigenvalue weighted by Gasteiger charge is 2.28. The van der Waals surface area contributed by atoms with Gasteiger partial charge in [-0.3, -0.25) is 23.7 Å². The molecule has 0 saturated heterocycles. The van der Waals surface area contributed by atoms with E-state index >= 15 is 0 Å². The fourth-order valence-electron chi connectivity index (χ4n) is 4.93. The zero-order valence-corrected chi connectivity index (χ0v) is 26.2. The third kappa shape index (κ3) is 8.29. The van der Waals surface area contributed by atoms with Crippen LogP contribution in [0.25, 0.3) is 0 Å². The lowest BCUT2D eigenvalue weighted by atomic mass is 10.0. The molecule has 240 valence electrons. The van der Waals surface area contributed by atoms with Crippen LogP contribution in [-0.4, -0.2) is 67.7 Å². The fraction of sp³-hybridized carbons (Fsp3) is 0.355. The molecule has 3 N–H and O–H groups in total. The summed E-state index contributed by atoms with van der Waals surface area (Å²) in [5.74, 6) is -1.71. The summed E-state index contributed by atoms with van der Waals surface area (Å²) in [5, 5.41) is 10.8. The first kappa shape index (κ1) is 32.2. The largest absolute Gasteiger partial charge is 0.446 e. The van der Waals surface area contributed by atoms with E-state index in [9.17, 15) is 24.0 Å². The molecule has 1 aliphatic heterocycles. The normalized spacial score (nSPS) is 17.9. The maximum atomic E-state index is 13.5. The molecule has 0 spiro atoms. The number of carbonyl (C=O) groups excluding carboxylic acids is 4. The number of hydrogen-bond acceptors (Lipinski definition) is 10. The van der Waals surface area contributed by atoms with E-state index in [0.717, 1.165) is 10.1 Å². The molecule has 0 aliphatic carbocycles. The van der Waals surface area contributed by atoms with E-state index in [1.807, 2.05) is 44.2 Å². The van der Waals surface area contributed by atoms with E-state index in [0.29, 0.717) is 17.8 Å². The van der Waals surface area contributed by atoms with E-state index in [2.05, 4.69) is 30.9 Å². The first-order chi connectivity index (χ1) is 22.2. The summed E-state index contributed by atoms with van der Waals surface area (Å²) >= 11 is 1.25. The van der Waals surface area contributed by atoms with Crippen LogP contribution in [0, 0.1) is 5.92 Å². The van der Waals surface area contributed by atoms with Crippen LogP contribution in [0.5, 0.6) is 0 Å². The average molecular weight is 647 g/mol. The van der Waals surface area contributed by atoms with Crippen molar-refractivity contribution < 1.29 is 23.6 Å². The van der Waals surface area contributed by atoms with Crippen LogP contribution in [0.15, 0.2) is 69.6 Å². The molecule has 3 aromatic heterocycles. The standard InChI is InChI=1S/C31H34N8O6S/c1-19(2)13-22-30-37-24(18-46-30)27(42)32-10-12-38(26(41)16-39-11-6-9-33-31(39)44)15-25(40)34-21(14-20-7-4-3-5-8-20)29-36-23(17-45-29)28(43)35-22/h3-9,11,17-19,21-22H,10,12-16H2,1-2H3,(H,32,42)(H,34,40)(H,35,43)/t21-,22-/m0/s1. The summed E-state index contributed by atoms with van der Waals surface area (Å²) in [5.41, 5.74) is 0.443. The zero-order valence-electron chi connectivity index (χ0n) is 25.3.